The number of rotatable bonds is 3. The first-order valence-corrected chi connectivity index (χ1v) is 8.59. The zero-order chi connectivity index (χ0) is 16.6. The van der Waals surface area contributed by atoms with E-state index in [0.717, 1.165) is 18.2 Å². The van der Waals surface area contributed by atoms with Crippen LogP contribution >= 0.6 is 0 Å². The second-order valence-corrected chi connectivity index (χ2v) is 8.15. The van der Waals surface area contributed by atoms with Gasteiger partial charge in [0.05, 0.1) is 21.3 Å². The van der Waals surface area contributed by atoms with Gasteiger partial charge in [0.15, 0.2) is 9.84 Å². The summed E-state index contributed by atoms with van der Waals surface area (Å²) >= 11 is 0. The Hall–Kier alpha value is -1.08. The van der Waals surface area contributed by atoms with Crippen molar-refractivity contribution in [1.29, 1.82) is 0 Å². The standard InChI is InChI=1S/C15H19F3O3S/c1-14(21-2)8-6-12(7-9-14)22(19,20)13-5-3-4-11(10-13)15(16,17)18/h3-5,10,12H,6-9H2,1-2H3. The third kappa shape index (κ3) is 3.46. The Morgan fingerprint density at radius 3 is 2.32 bits per heavy atom. The van der Waals surface area contributed by atoms with E-state index in [-0.39, 0.29) is 10.5 Å². The van der Waals surface area contributed by atoms with Crippen molar-refractivity contribution < 1.29 is 26.3 Å². The molecule has 0 spiro atoms. The van der Waals surface area contributed by atoms with Gasteiger partial charge in [0.2, 0.25) is 0 Å². The highest BCUT2D eigenvalue weighted by molar-refractivity contribution is 7.92. The molecule has 0 saturated heterocycles. The zero-order valence-corrected chi connectivity index (χ0v) is 13.3. The predicted octanol–water partition coefficient (Wildman–Crippen LogP) is 3.83. The molecule has 0 bridgehead atoms. The minimum Gasteiger partial charge on any atom is -0.379 e. The summed E-state index contributed by atoms with van der Waals surface area (Å²) in [6, 6.07) is 3.97. The molecular weight excluding hydrogens is 317 g/mol. The third-order valence-electron chi connectivity index (χ3n) is 4.41. The second-order valence-electron chi connectivity index (χ2n) is 5.92. The first-order valence-electron chi connectivity index (χ1n) is 7.05. The second kappa shape index (κ2) is 5.85. The van der Waals surface area contributed by atoms with Gasteiger partial charge in [0, 0.05) is 7.11 Å². The van der Waals surface area contributed by atoms with Gasteiger partial charge >= 0.3 is 6.18 Å². The van der Waals surface area contributed by atoms with Crippen molar-refractivity contribution in [2.24, 2.45) is 0 Å². The smallest absolute Gasteiger partial charge is 0.379 e. The van der Waals surface area contributed by atoms with Crippen LogP contribution in [0.25, 0.3) is 0 Å². The van der Waals surface area contributed by atoms with E-state index in [1.807, 2.05) is 6.92 Å². The molecule has 0 atom stereocenters. The van der Waals surface area contributed by atoms with Gasteiger partial charge < -0.3 is 4.74 Å². The lowest BCUT2D eigenvalue weighted by Gasteiger charge is -2.35. The molecule has 0 N–H and O–H groups in total. The summed E-state index contributed by atoms with van der Waals surface area (Å²) in [5, 5.41) is -0.654. The van der Waals surface area contributed by atoms with E-state index in [1.165, 1.54) is 6.07 Å². The molecule has 1 aliphatic rings. The first-order chi connectivity index (χ1) is 10.1. The van der Waals surface area contributed by atoms with Crippen LogP contribution in [-0.4, -0.2) is 26.4 Å². The fourth-order valence-electron chi connectivity index (χ4n) is 2.76. The van der Waals surface area contributed by atoms with Gasteiger partial charge in [0.1, 0.15) is 0 Å². The summed E-state index contributed by atoms with van der Waals surface area (Å²) < 4.78 is 68.7. The van der Waals surface area contributed by atoms with Crippen molar-refractivity contribution in [3.8, 4) is 0 Å². The summed E-state index contributed by atoms with van der Waals surface area (Å²) in [6.07, 6.45) is -2.61. The lowest BCUT2D eigenvalue weighted by molar-refractivity contribution is -0.137. The minimum atomic E-state index is -4.55. The molecule has 1 aromatic carbocycles. The Bertz CT molecular complexity index is 630. The maximum atomic E-state index is 12.7. The van der Waals surface area contributed by atoms with Crippen LogP contribution in [0, 0.1) is 0 Å². The van der Waals surface area contributed by atoms with Crippen LogP contribution in [0.5, 0.6) is 0 Å². The normalized spacial score (nSPS) is 26.9. The average molecular weight is 336 g/mol. The number of hydrogen-bond donors (Lipinski definition) is 0. The molecule has 1 fully saturated rings. The molecule has 3 nitrogen and oxygen atoms in total. The highest BCUT2D eigenvalue weighted by atomic mass is 32.2. The van der Waals surface area contributed by atoms with Crippen LogP contribution in [0.15, 0.2) is 29.2 Å². The van der Waals surface area contributed by atoms with Gasteiger partial charge in [-0.3, -0.25) is 0 Å². The fourth-order valence-corrected chi connectivity index (χ4v) is 4.56. The lowest BCUT2D eigenvalue weighted by atomic mass is 9.86. The van der Waals surface area contributed by atoms with Crippen molar-refractivity contribution >= 4 is 9.84 Å². The minimum absolute atomic E-state index is 0.256. The molecule has 124 valence electrons. The molecule has 0 heterocycles. The number of halogens is 3. The molecule has 0 aliphatic heterocycles. The quantitative estimate of drug-likeness (QED) is 0.843. The zero-order valence-electron chi connectivity index (χ0n) is 12.5. The maximum Gasteiger partial charge on any atom is 0.416 e. The van der Waals surface area contributed by atoms with Crippen molar-refractivity contribution in [3.05, 3.63) is 29.8 Å². The van der Waals surface area contributed by atoms with Gasteiger partial charge in [-0.25, -0.2) is 8.42 Å². The van der Waals surface area contributed by atoms with Crippen LogP contribution in [0.3, 0.4) is 0 Å². The Labute approximate surface area is 128 Å². The number of ether oxygens (including phenoxy) is 1. The molecule has 0 unspecified atom stereocenters. The highest BCUT2D eigenvalue weighted by Gasteiger charge is 2.38. The topological polar surface area (TPSA) is 43.4 Å². The SMILES string of the molecule is COC1(C)CCC(S(=O)(=O)c2cccc(C(F)(F)F)c2)CC1. The molecule has 0 amide bonds. The van der Waals surface area contributed by atoms with Crippen molar-refractivity contribution in [2.75, 3.05) is 7.11 Å². The highest BCUT2D eigenvalue weighted by Crippen LogP contribution is 2.37. The third-order valence-corrected chi connectivity index (χ3v) is 6.67. The molecule has 1 saturated carbocycles. The Balaban J connectivity index is 2.25. The molecule has 1 aliphatic carbocycles. The Morgan fingerprint density at radius 2 is 1.82 bits per heavy atom. The summed E-state index contributed by atoms with van der Waals surface area (Å²) in [7, 11) is -2.17. The summed E-state index contributed by atoms with van der Waals surface area (Å²) in [5.74, 6) is 0. The van der Waals surface area contributed by atoms with Crippen molar-refractivity contribution in [1.82, 2.24) is 0 Å². The largest absolute Gasteiger partial charge is 0.416 e. The van der Waals surface area contributed by atoms with Gasteiger partial charge in [-0.15, -0.1) is 0 Å². The average Bonchev–Trinajstić information content (AvgIpc) is 2.47. The molecule has 0 aromatic heterocycles. The summed E-state index contributed by atoms with van der Waals surface area (Å²) in [5.41, 5.74) is -1.29. The lowest BCUT2D eigenvalue weighted by Crippen LogP contribution is -2.37. The fraction of sp³-hybridized carbons (Fsp3) is 0.600. The van der Waals surface area contributed by atoms with Gasteiger partial charge in [-0.1, -0.05) is 6.07 Å². The van der Waals surface area contributed by atoms with Crippen LogP contribution in [0.2, 0.25) is 0 Å². The number of sulfone groups is 1. The molecule has 1 aromatic rings. The van der Waals surface area contributed by atoms with E-state index < -0.39 is 26.8 Å². The van der Waals surface area contributed by atoms with E-state index in [2.05, 4.69) is 0 Å². The van der Waals surface area contributed by atoms with Crippen molar-refractivity contribution in [2.45, 2.75) is 54.5 Å². The van der Waals surface area contributed by atoms with E-state index in [0.29, 0.717) is 25.7 Å². The Kier molecular flexibility index (Phi) is 4.59. The number of alkyl halides is 3. The molecule has 7 heteroatoms. The Morgan fingerprint density at radius 1 is 1.23 bits per heavy atom. The van der Waals surface area contributed by atoms with Gasteiger partial charge in [-0.05, 0) is 50.8 Å². The summed E-state index contributed by atoms with van der Waals surface area (Å²) in [4.78, 5) is -0.256. The van der Waals surface area contributed by atoms with Crippen LogP contribution in [0.4, 0.5) is 13.2 Å². The van der Waals surface area contributed by atoms with Crippen LogP contribution in [0.1, 0.15) is 38.2 Å². The first kappa shape index (κ1) is 17.3. The molecular formula is C15H19F3O3S. The van der Waals surface area contributed by atoms with Gasteiger partial charge in [-0.2, -0.15) is 13.2 Å². The predicted molar refractivity (Wildman–Crippen MR) is 76.3 cm³/mol. The van der Waals surface area contributed by atoms with E-state index >= 15 is 0 Å². The molecule has 2 rings (SSSR count). The van der Waals surface area contributed by atoms with E-state index in [4.69, 9.17) is 4.74 Å². The molecule has 0 radical (unpaired) electrons. The van der Waals surface area contributed by atoms with Gasteiger partial charge in [0.25, 0.3) is 0 Å². The number of hydrogen-bond acceptors (Lipinski definition) is 3. The monoisotopic (exact) mass is 336 g/mol. The van der Waals surface area contributed by atoms with Crippen LogP contribution in [-0.2, 0) is 20.8 Å². The van der Waals surface area contributed by atoms with E-state index in [9.17, 15) is 21.6 Å². The van der Waals surface area contributed by atoms with Crippen molar-refractivity contribution in [3.63, 3.8) is 0 Å². The maximum absolute atomic E-state index is 12.7. The summed E-state index contributed by atoms with van der Waals surface area (Å²) in [6.45, 7) is 1.92. The number of methoxy groups -OCH3 is 1. The molecule has 22 heavy (non-hydrogen) atoms. The number of benzene rings is 1. The van der Waals surface area contributed by atoms with E-state index in [1.54, 1.807) is 7.11 Å². The van der Waals surface area contributed by atoms with Crippen LogP contribution < -0.4 is 0 Å².